The van der Waals surface area contributed by atoms with Crippen molar-refractivity contribution in [1.82, 2.24) is 15.5 Å². The second-order valence-electron chi connectivity index (χ2n) is 6.00. The van der Waals surface area contributed by atoms with Gasteiger partial charge in [-0.2, -0.15) is 0 Å². The standard InChI is InChI=1S/C14H27N3O/c1-3-14(2)11-12(14)13(18)16-5-4-8-17-9-6-15-7-10-17/h12,15H,3-11H2,1-2H3,(H,16,18). The summed E-state index contributed by atoms with van der Waals surface area (Å²) >= 11 is 0. The molecular formula is C14H27N3O. The van der Waals surface area contributed by atoms with Gasteiger partial charge in [0.25, 0.3) is 0 Å². The van der Waals surface area contributed by atoms with Crippen molar-refractivity contribution in [3.63, 3.8) is 0 Å². The number of amides is 1. The first-order valence-corrected chi connectivity index (χ1v) is 7.36. The lowest BCUT2D eigenvalue weighted by Crippen LogP contribution is -2.44. The maximum absolute atomic E-state index is 11.9. The Hall–Kier alpha value is -0.610. The molecule has 0 aromatic rings. The van der Waals surface area contributed by atoms with E-state index in [2.05, 4.69) is 29.4 Å². The Morgan fingerprint density at radius 1 is 1.44 bits per heavy atom. The molecule has 4 heteroatoms. The second kappa shape index (κ2) is 6.02. The molecular weight excluding hydrogens is 226 g/mol. The molecule has 18 heavy (non-hydrogen) atoms. The third kappa shape index (κ3) is 3.45. The predicted molar refractivity (Wildman–Crippen MR) is 73.4 cm³/mol. The molecule has 2 N–H and O–H groups in total. The van der Waals surface area contributed by atoms with Crippen LogP contribution in [0.1, 0.15) is 33.1 Å². The van der Waals surface area contributed by atoms with Crippen LogP contribution in [0.3, 0.4) is 0 Å². The van der Waals surface area contributed by atoms with Gasteiger partial charge >= 0.3 is 0 Å². The maximum Gasteiger partial charge on any atom is 0.223 e. The minimum Gasteiger partial charge on any atom is -0.356 e. The Morgan fingerprint density at radius 3 is 2.78 bits per heavy atom. The minimum atomic E-state index is 0.277. The highest BCUT2D eigenvalue weighted by Gasteiger charge is 2.52. The van der Waals surface area contributed by atoms with Crippen LogP contribution in [-0.2, 0) is 4.79 Å². The monoisotopic (exact) mass is 253 g/mol. The lowest BCUT2D eigenvalue weighted by Gasteiger charge is -2.27. The van der Waals surface area contributed by atoms with E-state index in [1.54, 1.807) is 0 Å². The average molecular weight is 253 g/mol. The average Bonchev–Trinajstić information content (AvgIpc) is 3.09. The van der Waals surface area contributed by atoms with Gasteiger partial charge in [0.2, 0.25) is 5.91 Å². The lowest BCUT2D eigenvalue weighted by atomic mass is 10.0. The zero-order valence-electron chi connectivity index (χ0n) is 11.8. The van der Waals surface area contributed by atoms with Gasteiger partial charge in [0.15, 0.2) is 0 Å². The summed E-state index contributed by atoms with van der Waals surface area (Å²) in [4.78, 5) is 14.4. The van der Waals surface area contributed by atoms with Crippen molar-refractivity contribution in [1.29, 1.82) is 0 Å². The summed E-state index contributed by atoms with van der Waals surface area (Å²) in [6, 6.07) is 0. The van der Waals surface area contributed by atoms with Crippen LogP contribution in [-0.4, -0.2) is 50.1 Å². The molecule has 1 saturated carbocycles. The first-order valence-electron chi connectivity index (χ1n) is 7.36. The molecule has 2 unspecified atom stereocenters. The summed E-state index contributed by atoms with van der Waals surface area (Å²) in [7, 11) is 0. The molecule has 0 aromatic heterocycles. The zero-order chi connectivity index (χ0) is 13.0. The molecule has 2 fully saturated rings. The summed E-state index contributed by atoms with van der Waals surface area (Å²) in [6.45, 7) is 10.8. The van der Waals surface area contributed by atoms with Crippen LogP contribution in [0.4, 0.5) is 0 Å². The Balaban J connectivity index is 1.54. The molecule has 2 rings (SSSR count). The fourth-order valence-electron chi connectivity index (χ4n) is 2.78. The van der Waals surface area contributed by atoms with E-state index in [0.717, 1.165) is 58.5 Å². The molecule has 104 valence electrons. The number of piperazine rings is 1. The van der Waals surface area contributed by atoms with Crippen molar-refractivity contribution in [2.45, 2.75) is 33.1 Å². The normalized spacial score (nSPS) is 32.2. The van der Waals surface area contributed by atoms with Gasteiger partial charge in [-0.25, -0.2) is 0 Å². The molecule has 1 amide bonds. The van der Waals surface area contributed by atoms with Crippen molar-refractivity contribution in [3.8, 4) is 0 Å². The Bertz CT molecular complexity index is 289. The molecule has 0 bridgehead atoms. The molecule has 2 atom stereocenters. The number of nitrogens with zero attached hydrogens (tertiary/aromatic N) is 1. The highest BCUT2D eigenvalue weighted by atomic mass is 16.2. The Labute approximate surface area is 110 Å². The SMILES string of the molecule is CCC1(C)CC1C(=O)NCCCN1CCNCC1. The van der Waals surface area contributed by atoms with E-state index in [4.69, 9.17) is 0 Å². The zero-order valence-corrected chi connectivity index (χ0v) is 11.8. The van der Waals surface area contributed by atoms with Gasteiger partial charge in [0.1, 0.15) is 0 Å². The first-order chi connectivity index (χ1) is 8.65. The molecule has 2 aliphatic rings. The van der Waals surface area contributed by atoms with Crippen LogP contribution >= 0.6 is 0 Å². The van der Waals surface area contributed by atoms with Crippen LogP contribution in [0.25, 0.3) is 0 Å². The molecule has 0 aromatic carbocycles. The number of carbonyl (C=O) groups excluding carboxylic acids is 1. The van der Waals surface area contributed by atoms with Gasteiger partial charge in [-0.15, -0.1) is 0 Å². The van der Waals surface area contributed by atoms with E-state index in [1.807, 2.05) is 0 Å². The van der Waals surface area contributed by atoms with E-state index in [0.29, 0.717) is 5.41 Å². The van der Waals surface area contributed by atoms with Gasteiger partial charge in [-0.3, -0.25) is 4.79 Å². The van der Waals surface area contributed by atoms with Crippen LogP contribution in [0.15, 0.2) is 0 Å². The van der Waals surface area contributed by atoms with Crippen LogP contribution in [0, 0.1) is 11.3 Å². The fourth-order valence-corrected chi connectivity index (χ4v) is 2.78. The van der Waals surface area contributed by atoms with Crippen molar-refractivity contribution >= 4 is 5.91 Å². The quantitative estimate of drug-likeness (QED) is 0.689. The molecule has 0 spiro atoms. The van der Waals surface area contributed by atoms with Crippen molar-refractivity contribution in [3.05, 3.63) is 0 Å². The van der Waals surface area contributed by atoms with Gasteiger partial charge in [-0.05, 0) is 31.2 Å². The van der Waals surface area contributed by atoms with E-state index in [-0.39, 0.29) is 11.8 Å². The largest absolute Gasteiger partial charge is 0.356 e. The van der Waals surface area contributed by atoms with E-state index < -0.39 is 0 Å². The molecule has 0 radical (unpaired) electrons. The number of carbonyl (C=O) groups is 1. The summed E-state index contributed by atoms with van der Waals surface area (Å²) in [5, 5.41) is 6.44. The van der Waals surface area contributed by atoms with Gasteiger partial charge in [0.05, 0.1) is 0 Å². The number of hydrogen-bond donors (Lipinski definition) is 2. The highest BCUT2D eigenvalue weighted by molar-refractivity contribution is 5.82. The minimum absolute atomic E-state index is 0.277. The van der Waals surface area contributed by atoms with Crippen LogP contribution in [0.5, 0.6) is 0 Å². The first kappa shape index (κ1) is 13.8. The van der Waals surface area contributed by atoms with E-state index in [9.17, 15) is 4.79 Å². The topological polar surface area (TPSA) is 44.4 Å². The smallest absolute Gasteiger partial charge is 0.223 e. The molecule has 1 aliphatic heterocycles. The van der Waals surface area contributed by atoms with Gasteiger partial charge < -0.3 is 15.5 Å². The number of nitrogens with one attached hydrogen (secondary N) is 2. The second-order valence-corrected chi connectivity index (χ2v) is 6.00. The van der Waals surface area contributed by atoms with Crippen molar-refractivity contribution in [2.24, 2.45) is 11.3 Å². The van der Waals surface area contributed by atoms with Crippen molar-refractivity contribution < 1.29 is 4.79 Å². The third-order valence-electron chi connectivity index (χ3n) is 4.64. The molecule has 1 aliphatic carbocycles. The summed E-state index contributed by atoms with van der Waals surface area (Å²) in [5.41, 5.74) is 0.294. The van der Waals surface area contributed by atoms with Crippen LogP contribution < -0.4 is 10.6 Å². The molecule has 4 nitrogen and oxygen atoms in total. The van der Waals surface area contributed by atoms with E-state index in [1.165, 1.54) is 0 Å². The maximum atomic E-state index is 11.9. The molecule has 1 saturated heterocycles. The van der Waals surface area contributed by atoms with E-state index >= 15 is 0 Å². The summed E-state index contributed by atoms with van der Waals surface area (Å²) in [5.74, 6) is 0.557. The Kier molecular flexibility index (Phi) is 4.62. The lowest BCUT2D eigenvalue weighted by molar-refractivity contribution is -0.123. The fraction of sp³-hybridized carbons (Fsp3) is 0.929. The number of rotatable bonds is 6. The van der Waals surface area contributed by atoms with Gasteiger partial charge in [-0.1, -0.05) is 13.8 Å². The predicted octanol–water partition coefficient (Wildman–Crippen LogP) is 0.834. The number of hydrogen-bond acceptors (Lipinski definition) is 3. The summed E-state index contributed by atoms with van der Waals surface area (Å²) in [6.07, 6.45) is 3.26. The third-order valence-corrected chi connectivity index (χ3v) is 4.64. The molecule has 1 heterocycles. The summed E-state index contributed by atoms with van der Waals surface area (Å²) < 4.78 is 0. The van der Waals surface area contributed by atoms with Crippen LogP contribution in [0.2, 0.25) is 0 Å². The highest BCUT2D eigenvalue weighted by Crippen LogP contribution is 2.54. The van der Waals surface area contributed by atoms with Gasteiger partial charge in [0, 0.05) is 38.6 Å². The van der Waals surface area contributed by atoms with Crippen molar-refractivity contribution in [2.75, 3.05) is 39.3 Å². The Morgan fingerprint density at radius 2 is 2.17 bits per heavy atom.